The monoisotopic (exact) mass is 300 g/mol. The molecule has 0 saturated heterocycles. The van der Waals surface area contributed by atoms with E-state index in [2.05, 4.69) is 22.7 Å². The minimum atomic E-state index is 0.000530. The van der Waals surface area contributed by atoms with Gasteiger partial charge in [0.1, 0.15) is 0 Å². The lowest BCUT2D eigenvalue weighted by molar-refractivity contribution is 0.543. The van der Waals surface area contributed by atoms with E-state index >= 15 is 0 Å². The third-order valence-corrected chi connectivity index (χ3v) is 3.96. The Morgan fingerprint density at radius 1 is 1.19 bits per heavy atom. The Bertz CT molecular complexity index is 749. The number of hydrazine groups is 1. The molecule has 0 fully saturated rings. The maximum Gasteiger partial charge on any atom is 0.0722 e. The van der Waals surface area contributed by atoms with Crippen molar-refractivity contribution < 1.29 is 0 Å². The lowest BCUT2D eigenvalue weighted by Gasteiger charge is -2.15. The average Bonchev–Trinajstić information content (AvgIpc) is 2.83. The van der Waals surface area contributed by atoms with Crippen LogP contribution < -0.4 is 11.3 Å². The summed E-state index contributed by atoms with van der Waals surface area (Å²) in [5, 5.41) is 6.50. The molecule has 0 saturated carbocycles. The van der Waals surface area contributed by atoms with Gasteiger partial charge in [0.05, 0.1) is 17.3 Å². The van der Waals surface area contributed by atoms with Crippen LogP contribution in [-0.2, 0) is 13.5 Å². The number of rotatable bonds is 4. The third kappa shape index (κ3) is 2.78. The molecule has 0 amide bonds. The zero-order chi connectivity index (χ0) is 14.8. The molecule has 0 radical (unpaired) electrons. The molecule has 1 atom stereocenters. The molecule has 1 heterocycles. The molecule has 0 spiro atoms. The average molecular weight is 301 g/mol. The van der Waals surface area contributed by atoms with Gasteiger partial charge in [-0.1, -0.05) is 41.9 Å². The van der Waals surface area contributed by atoms with Crippen LogP contribution in [0.3, 0.4) is 0 Å². The predicted molar refractivity (Wildman–Crippen MR) is 85.9 cm³/mol. The van der Waals surface area contributed by atoms with Gasteiger partial charge in [-0.15, -0.1) is 0 Å². The van der Waals surface area contributed by atoms with Crippen LogP contribution in [0.2, 0.25) is 5.02 Å². The van der Waals surface area contributed by atoms with Gasteiger partial charge >= 0.3 is 0 Å². The molecule has 0 aliphatic rings. The van der Waals surface area contributed by atoms with Crippen LogP contribution in [0.25, 0.3) is 10.9 Å². The summed E-state index contributed by atoms with van der Waals surface area (Å²) in [5.41, 5.74) is 6.12. The maximum absolute atomic E-state index is 5.93. The van der Waals surface area contributed by atoms with Crippen molar-refractivity contribution in [2.24, 2.45) is 12.9 Å². The number of nitrogens with zero attached hydrogens (tertiary/aromatic N) is 2. The molecule has 0 aliphatic heterocycles. The van der Waals surface area contributed by atoms with E-state index in [0.717, 1.165) is 33.6 Å². The number of hydrogen-bond acceptors (Lipinski definition) is 3. The van der Waals surface area contributed by atoms with E-state index < -0.39 is 0 Å². The van der Waals surface area contributed by atoms with Gasteiger partial charge in [-0.3, -0.25) is 16.0 Å². The van der Waals surface area contributed by atoms with Gasteiger partial charge in [0, 0.05) is 23.9 Å². The molecule has 0 aliphatic carbocycles. The van der Waals surface area contributed by atoms with E-state index in [1.807, 2.05) is 48.1 Å². The van der Waals surface area contributed by atoms with Crippen LogP contribution in [-0.4, -0.2) is 9.78 Å². The standard InChI is InChI=1S/C16H17ClN4/c1-21-16-5-3-2-4-13(16)15(20-21)10-14(19-18)11-6-8-12(17)9-7-11/h2-9,14,19H,10,18H2,1H3. The van der Waals surface area contributed by atoms with E-state index in [4.69, 9.17) is 17.4 Å². The predicted octanol–water partition coefficient (Wildman–Crippen LogP) is 2.97. The summed E-state index contributed by atoms with van der Waals surface area (Å²) in [6, 6.07) is 15.9. The molecule has 1 aromatic heterocycles. The molecule has 21 heavy (non-hydrogen) atoms. The number of aromatic nitrogens is 2. The minimum Gasteiger partial charge on any atom is -0.271 e. The van der Waals surface area contributed by atoms with Gasteiger partial charge in [-0.25, -0.2) is 0 Å². The van der Waals surface area contributed by atoms with Crippen LogP contribution in [0.5, 0.6) is 0 Å². The lowest BCUT2D eigenvalue weighted by Crippen LogP contribution is -2.29. The normalized spacial score (nSPS) is 12.7. The van der Waals surface area contributed by atoms with Crippen molar-refractivity contribution in [3.63, 3.8) is 0 Å². The van der Waals surface area contributed by atoms with E-state index in [1.165, 1.54) is 0 Å². The quantitative estimate of drug-likeness (QED) is 0.575. The van der Waals surface area contributed by atoms with Crippen molar-refractivity contribution in [2.75, 3.05) is 0 Å². The van der Waals surface area contributed by atoms with Gasteiger partial charge in [-0.2, -0.15) is 5.10 Å². The van der Waals surface area contributed by atoms with Gasteiger partial charge < -0.3 is 0 Å². The Hall–Kier alpha value is -1.88. The molecule has 3 rings (SSSR count). The molecule has 2 aromatic carbocycles. The molecule has 4 nitrogen and oxygen atoms in total. The zero-order valence-corrected chi connectivity index (χ0v) is 12.5. The van der Waals surface area contributed by atoms with Crippen molar-refractivity contribution in [3.05, 3.63) is 64.8 Å². The summed E-state index contributed by atoms with van der Waals surface area (Å²) in [5.74, 6) is 5.72. The molecule has 1 unspecified atom stereocenters. The Labute approximate surface area is 128 Å². The Morgan fingerprint density at radius 3 is 2.62 bits per heavy atom. The SMILES string of the molecule is Cn1nc(CC(NN)c2ccc(Cl)cc2)c2ccccc21. The highest BCUT2D eigenvalue weighted by Gasteiger charge is 2.15. The van der Waals surface area contributed by atoms with Crippen molar-refractivity contribution in [3.8, 4) is 0 Å². The number of fused-ring (bicyclic) bond motifs is 1. The summed E-state index contributed by atoms with van der Waals surface area (Å²) in [6.07, 6.45) is 0.722. The first kappa shape index (κ1) is 14.1. The second-order valence-electron chi connectivity index (χ2n) is 5.06. The smallest absolute Gasteiger partial charge is 0.0722 e. The molecule has 3 N–H and O–H groups in total. The largest absolute Gasteiger partial charge is 0.271 e. The highest BCUT2D eigenvalue weighted by Crippen LogP contribution is 2.24. The summed E-state index contributed by atoms with van der Waals surface area (Å²) < 4.78 is 1.90. The number of halogens is 1. The number of benzene rings is 2. The maximum atomic E-state index is 5.93. The summed E-state index contributed by atoms with van der Waals surface area (Å²) in [6.45, 7) is 0. The zero-order valence-electron chi connectivity index (χ0n) is 11.8. The second-order valence-corrected chi connectivity index (χ2v) is 5.50. The summed E-state index contributed by atoms with van der Waals surface area (Å²) >= 11 is 5.93. The summed E-state index contributed by atoms with van der Waals surface area (Å²) in [7, 11) is 1.96. The highest BCUT2D eigenvalue weighted by atomic mass is 35.5. The fourth-order valence-corrected chi connectivity index (χ4v) is 2.73. The Morgan fingerprint density at radius 2 is 1.90 bits per heavy atom. The molecule has 3 aromatic rings. The Kier molecular flexibility index (Phi) is 3.92. The van der Waals surface area contributed by atoms with E-state index in [-0.39, 0.29) is 6.04 Å². The fraction of sp³-hybridized carbons (Fsp3) is 0.188. The van der Waals surface area contributed by atoms with E-state index in [0.29, 0.717) is 0 Å². The van der Waals surface area contributed by atoms with Crippen LogP contribution in [0.4, 0.5) is 0 Å². The number of nitrogens with two attached hydrogens (primary N) is 1. The summed E-state index contributed by atoms with van der Waals surface area (Å²) in [4.78, 5) is 0. The van der Waals surface area contributed by atoms with Crippen LogP contribution >= 0.6 is 11.6 Å². The van der Waals surface area contributed by atoms with Gasteiger partial charge in [0.25, 0.3) is 0 Å². The first-order chi connectivity index (χ1) is 10.2. The highest BCUT2D eigenvalue weighted by molar-refractivity contribution is 6.30. The molecule has 5 heteroatoms. The first-order valence-electron chi connectivity index (χ1n) is 6.81. The minimum absolute atomic E-state index is 0.000530. The number of aryl methyl sites for hydroxylation is 1. The molecule has 0 bridgehead atoms. The third-order valence-electron chi connectivity index (χ3n) is 3.71. The van der Waals surface area contributed by atoms with E-state index in [9.17, 15) is 0 Å². The van der Waals surface area contributed by atoms with Crippen molar-refractivity contribution in [2.45, 2.75) is 12.5 Å². The van der Waals surface area contributed by atoms with Gasteiger partial charge in [0.15, 0.2) is 0 Å². The number of nitrogens with one attached hydrogen (secondary N) is 1. The molecule has 108 valence electrons. The first-order valence-corrected chi connectivity index (χ1v) is 7.19. The van der Waals surface area contributed by atoms with Crippen LogP contribution in [0.1, 0.15) is 17.3 Å². The number of hydrogen-bond donors (Lipinski definition) is 2. The van der Waals surface area contributed by atoms with Crippen LogP contribution in [0, 0.1) is 0 Å². The molecular weight excluding hydrogens is 284 g/mol. The number of para-hydroxylation sites is 1. The fourth-order valence-electron chi connectivity index (χ4n) is 2.60. The lowest BCUT2D eigenvalue weighted by atomic mass is 10.0. The van der Waals surface area contributed by atoms with Gasteiger partial charge in [0.2, 0.25) is 0 Å². The molecular formula is C16H17ClN4. The van der Waals surface area contributed by atoms with Crippen molar-refractivity contribution in [1.29, 1.82) is 0 Å². The Balaban J connectivity index is 1.94. The van der Waals surface area contributed by atoms with E-state index in [1.54, 1.807) is 0 Å². The second kappa shape index (κ2) is 5.85. The van der Waals surface area contributed by atoms with Crippen LogP contribution in [0.15, 0.2) is 48.5 Å². The topological polar surface area (TPSA) is 55.9 Å². The van der Waals surface area contributed by atoms with Crippen molar-refractivity contribution in [1.82, 2.24) is 15.2 Å². The van der Waals surface area contributed by atoms with Crippen molar-refractivity contribution >= 4 is 22.5 Å². The van der Waals surface area contributed by atoms with Gasteiger partial charge in [-0.05, 0) is 23.8 Å².